The van der Waals surface area contributed by atoms with Crippen LogP contribution in [0.25, 0.3) is 0 Å². The van der Waals surface area contributed by atoms with Crippen LogP contribution in [0.1, 0.15) is 25.0 Å². The number of piperidine rings is 1. The van der Waals surface area contributed by atoms with Crippen LogP contribution in [0, 0.1) is 17.4 Å². The Morgan fingerprint density at radius 2 is 2.40 bits per heavy atom. The predicted molar refractivity (Wildman–Crippen MR) is 57.9 cm³/mol. The summed E-state index contributed by atoms with van der Waals surface area (Å²) in [7, 11) is 0. The predicted octanol–water partition coefficient (Wildman–Crippen LogP) is 1.99. The molecule has 1 aromatic heterocycles. The van der Waals surface area contributed by atoms with Gasteiger partial charge in [-0.1, -0.05) is 13.0 Å². The third-order valence-corrected chi connectivity index (χ3v) is 3.11. The number of rotatable bonds is 1. The van der Waals surface area contributed by atoms with Gasteiger partial charge in [0.1, 0.15) is 0 Å². The summed E-state index contributed by atoms with van der Waals surface area (Å²) in [6, 6.07) is 6.06. The molecule has 15 heavy (non-hydrogen) atoms. The normalized spacial score (nSPS) is 26.0. The van der Waals surface area contributed by atoms with E-state index in [0.29, 0.717) is 11.8 Å². The van der Waals surface area contributed by atoms with E-state index in [0.717, 1.165) is 19.5 Å². The van der Waals surface area contributed by atoms with Gasteiger partial charge in [0.15, 0.2) is 6.19 Å². The molecule has 2 rings (SSSR count). The summed E-state index contributed by atoms with van der Waals surface area (Å²) < 4.78 is 0. The minimum atomic E-state index is 0.508. The molecule has 1 fully saturated rings. The minimum absolute atomic E-state index is 0.508. The van der Waals surface area contributed by atoms with E-state index in [2.05, 4.69) is 24.2 Å². The second-order valence-corrected chi connectivity index (χ2v) is 4.17. The monoisotopic (exact) mass is 201 g/mol. The summed E-state index contributed by atoms with van der Waals surface area (Å²) in [5.74, 6) is 1.02. The van der Waals surface area contributed by atoms with E-state index in [1.165, 1.54) is 5.69 Å². The maximum atomic E-state index is 8.83. The molecule has 2 unspecified atom stereocenters. The van der Waals surface area contributed by atoms with E-state index in [4.69, 9.17) is 5.26 Å². The fourth-order valence-electron chi connectivity index (χ4n) is 2.27. The molecule has 0 amide bonds. The molecule has 0 spiro atoms. The van der Waals surface area contributed by atoms with Gasteiger partial charge in [-0.2, -0.15) is 5.26 Å². The van der Waals surface area contributed by atoms with Crippen molar-refractivity contribution in [2.24, 2.45) is 5.92 Å². The van der Waals surface area contributed by atoms with Gasteiger partial charge < -0.3 is 4.90 Å². The van der Waals surface area contributed by atoms with Crippen molar-refractivity contribution in [2.75, 3.05) is 13.1 Å². The Morgan fingerprint density at radius 1 is 1.53 bits per heavy atom. The van der Waals surface area contributed by atoms with Crippen LogP contribution >= 0.6 is 0 Å². The van der Waals surface area contributed by atoms with Crippen molar-refractivity contribution in [2.45, 2.75) is 19.3 Å². The van der Waals surface area contributed by atoms with Crippen LogP contribution in [-0.2, 0) is 0 Å². The summed E-state index contributed by atoms with van der Waals surface area (Å²) in [4.78, 5) is 6.24. The van der Waals surface area contributed by atoms with Crippen LogP contribution in [0.5, 0.6) is 0 Å². The van der Waals surface area contributed by atoms with Gasteiger partial charge in [-0.25, -0.2) is 0 Å². The van der Waals surface area contributed by atoms with Gasteiger partial charge in [0.2, 0.25) is 0 Å². The third-order valence-electron chi connectivity index (χ3n) is 3.11. The first kappa shape index (κ1) is 9.97. The number of hydrogen-bond donors (Lipinski definition) is 0. The zero-order valence-electron chi connectivity index (χ0n) is 8.93. The maximum Gasteiger partial charge on any atom is 0.179 e. The van der Waals surface area contributed by atoms with Crippen LogP contribution < -0.4 is 0 Å². The van der Waals surface area contributed by atoms with Gasteiger partial charge in [-0.05, 0) is 24.5 Å². The number of likely N-dealkylation sites (tertiary alicyclic amines) is 1. The molecule has 3 heteroatoms. The van der Waals surface area contributed by atoms with E-state index >= 15 is 0 Å². The largest absolute Gasteiger partial charge is 0.310 e. The van der Waals surface area contributed by atoms with Crippen molar-refractivity contribution in [3.05, 3.63) is 30.1 Å². The molecular formula is C12H15N3. The van der Waals surface area contributed by atoms with Gasteiger partial charge in [-0.15, -0.1) is 0 Å². The first-order valence-electron chi connectivity index (χ1n) is 5.37. The average molecular weight is 201 g/mol. The van der Waals surface area contributed by atoms with E-state index in [-0.39, 0.29) is 0 Å². The maximum absolute atomic E-state index is 8.83. The molecule has 2 atom stereocenters. The Hall–Kier alpha value is -1.56. The summed E-state index contributed by atoms with van der Waals surface area (Å²) in [6.45, 7) is 3.92. The first-order chi connectivity index (χ1) is 7.31. The highest BCUT2D eigenvalue weighted by Gasteiger charge is 2.27. The van der Waals surface area contributed by atoms with E-state index < -0.39 is 0 Å². The molecule has 78 valence electrons. The van der Waals surface area contributed by atoms with E-state index in [1.807, 2.05) is 23.2 Å². The number of aromatic nitrogens is 1. The minimum Gasteiger partial charge on any atom is -0.310 e. The molecule has 0 N–H and O–H groups in total. The smallest absolute Gasteiger partial charge is 0.179 e. The topological polar surface area (TPSA) is 39.9 Å². The molecule has 1 saturated heterocycles. The number of nitriles is 1. The van der Waals surface area contributed by atoms with Crippen molar-refractivity contribution < 1.29 is 0 Å². The van der Waals surface area contributed by atoms with Crippen molar-refractivity contribution in [3.8, 4) is 6.19 Å². The molecule has 0 saturated carbocycles. The molecular weight excluding hydrogens is 186 g/mol. The number of pyridine rings is 1. The first-order valence-corrected chi connectivity index (χ1v) is 5.37. The van der Waals surface area contributed by atoms with Crippen molar-refractivity contribution in [1.82, 2.24) is 9.88 Å². The summed E-state index contributed by atoms with van der Waals surface area (Å²) in [5, 5.41) is 8.83. The lowest BCUT2D eigenvalue weighted by Crippen LogP contribution is -2.35. The Balaban J connectivity index is 2.10. The summed E-state index contributed by atoms with van der Waals surface area (Å²) in [6.07, 6.45) is 5.10. The zero-order valence-corrected chi connectivity index (χ0v) is 8.93. The molecule has 2 heterocycles. The highest BCUT2D eigenvalue weighted by molar-refractivity contribution is 5.12. The SMILES string of the molecule is CC1CN(C#N)CCC1c1ccccn1. The Bertz CT molecular complexity index is 355. The van der Waals surface area contributed by atoms with Crippen LogP contribution in [0.3, 0.4) is 0 Å². The fourth-order valence-corrected chi connectivity index (χ4v) is 2.27. The van der Waals surface area contributed by atoms with Gasteiger partial charge >= 0.3 is 0 Å². The van der Waals surface area contributed by atoms with Crippen LogP contribution in [0.4, 0.5) is 0 Å². The second kappa shape index (κ2) is 4.31. The lowest BCUT2D eigenvalue weighted by molar-refractivity contribution is 0.224. The highest BCUT2D eigenvalue weighted by atomic mass is 15.1. The highest BCUT2D eigenvalue weighted by Crippen LogP contribution is 2.30. The van der Waals surface area contributed by atoms with E-state index in [9.17, 15) is 0 Å². The quantitative estimate of drug-likeness (QED) is 0.652. The average Bonchev–Trinajstić information content (AvgIpc) is 2.30. The van der Waals surface area contributed by atoms with Gasteiger partial charge in [-0.3, -0.25) is 4.98 Å². The number of hydrogen-bond acceptors (Lipinski definition) is 3. The standard InChI is InChI=1S/C12H15N3/c1-10-8-15(9-13)7-5-11(10)12-4-2-3-6-14-12/h2-4,6,10-11H,5,7-8H2,1H3. The molecule has 3 nitrogen and oxygen atoms in total. The van der Waals surface area contributed by atoms with Gasteiger partial charge in [0.25, 0.3) is 0 Å². The zero-order chi connectivity index (χ0) is 10.7. The summed E-state index contributed by atoms with van der Waals surface area (Å²) in [5.41, 5.74) is 1.17. The summed E-state index contributed by atoms with van der Waals surface area (Å²) >= 11 is 0. The van der Waals surface area contributed by atoms with Crippen LogP contribution in [0.15, 0.2) is 24.4 Å². The van der Waals surface area contributed by atoms with Gasteiger partial charge in [0, 0.05) is 30.9 Å². The number of nitrogens with zero attached hydrogens (tertiary/aromatic N) is 3. The van der Waals surface area contributed by atoms with Crippen LogP contribution in [-0.4, -0.2) is 23.0 Å². The van der Waals surface area contributed by atoms with E-state index in [1.54, 1.807) is 0 Å². The molecule has 1 aliphatic heterocycles. The lowest BCUT2D eigenvalue weighted by atomic mass is 9.84. The molecule has 0 aliphatic carbocycles. The third kappa shape index (κ3) is 2.10. The molecule has 0 aromatic carbocycles. The Morgan fingerprint density at radius 3 is 3.00 bits per heavy atom. The Kier molecular flexibility index (Phi) is 2.86. The van der Waals surface area contributed by atoms with Crippen molar-refractivity contribution >= 4 is 0 Å². The molecule has 0 radical (unpaired) electrons. The van der Waals surface area contributed by atoms with Gasteiger partial charge in [0.05, 0.1) is 0 Å². The molecule has 1 aliphatic rings. The van der Waals surface area contributed by atoms with Crippen molar-refractivity contribution in [3.63, 3.8) is 0 Å². The fraction of sp³-hybridized carbons (Fsp3) is 0.500. The second-order valence-electron chi connectivity index (χ2n) is 4.17. The molecule has 0 bridgehead atoms. The van der Waals surface area contributed by atoms with Crippen LogP contribution in [0.2, 0.25) is 0 Å². The Labute approximate surface area is 90.4 Å². The molecule has 1 aromatic rings. The lowest BCUT2D eigenvalue weighted by Gasteiger charge is -2.33. The van der Waals surface area contributed by atoms with Crippen molar-refractivity contribution in [1.29, 1.82) is 5.26 Å².